The summed E-state index contributed by atoms with van der Waals surface area (Å²) in [5, 5.41) is 3.51. The van der Waals surface area contributed by atoms with E-state index in [-0.39, 0.29) is 0 Å². The Bertz CT molecular complexity index is 338. The minimum atomic E-state index is 0.811. The van der Waals surface area contributed by atoms with Crippen LogP contribution in [0.4, 0.5) is 5.69 Å². The fourth-order valence-corrected chi connectivity index (χ4v) is 2.32. The van der Waals surface area contributed by atoms with Gasteiger partial charge in [-0.05, 0) is 50.2 Å². The first-order chi connectivity index (χ1) is 7.74. The summed E-state index contributed by atoms with van der Waals surface area (Å²) in [6, 6.07) is 8.09. The van der Waals surface area contributed by atoms with Gasteiger partial charge in [-0.15, -0.1) is 0 Å². The zero-order valence-corrected chi connectivity index (χ0v) is 9.95. The second-order valence-electron chi connectivity index (χ2n) is 4.79. The van der Waals surface area contributed by atoms with Gasteiger partial charge in [0.05, 0.1) is 0 Å². The summed E-state index contributed by atoms with van der Waals surface area (Å²) in [6.07, 6.45) is 1.32. The molecule has 1 heterocycles. The van der Waals surface area contributed by atoms with Crippen LogP contribution < -0.4 is 11.1 Å². The Hall–Kier alpha value is -1.06. The number of likely N-dealkylation sites (tertiary alicyclic amines) is 1. The van der Waals surface area contributed by atoms with E-state index in [0.717, 1.165) is 24.7 Å². The number of benzene rings is 1. The molecule has 3 heteroatoms. The Morgan fingerprint density at radius 3 is 3.06 bits per heavy atom. The molecule has 0 amide bonds. The molecule has 1 aliphatic rings. The van der Waals surface area contributed by atoms with Gasteiger partial charge in [-0.1, -0.05) is 12.1 Å². The molecule has 16 heavy (non-hydrogen) atoms. The maximum Gasteiger partial charge on any atom is 0.0317 e. The van der Waals surface area contributed by atoms with Crippen molar-refractivity contribution < 1.29 is 0 Å². The number of hydrogen-bond donors (Lipinski definition) is 2. The van der Waals surface area contributed by atoms with Crippen LogP contribution in [0.1, 0.15) is 12.0 Å². The first-order valence-electron chi connectivity index (χ1n) is 5.98. The predicted molar refractivity (Wildman–Crippen MR) is 68.2 cm³/mol. The van der Waals surface area contributed by atoms with Crippen LogP contribution in [-0.2, 0) is 6.54 Å². The van der Waals surface area contributed by atoms with Gasteiger partial charge < -0.3 is 16.0 Å². The van der Waals surface area contributed by atoms with Gasteiger partial charge >= 0.3 is 0 Å². The van der Waals surface area contributed by atoms with Crippen LogP contribution in [0.5, 0.6) is 0 Å². The summed E-state index contributed by atoms with van der Waals surface area (Å²) in [4.78, 5) is 2.40. The summed E-state index contributed by atoms with van der Waals surface area (Å²) >= 11 is 0. The highest BCUT2D eigenvalue weighted by Gasteiger charge is 2.18. The molecule has 1 unspecified atom stereocenters. The van der Waals surface area contributed by atoms with Gasteiger partial charge in [-0.2, -0.15) is 0 Å². The molecule has 3 nitrogen and oxygen atoms in total. The predicted octanol–water partition coefficient (Wildman–Crippen LogP) is 1.31. The SMILES string of the molecule is CN1CCC(CNCc2cccc(N)c2)C1. The van der Waals surface area contributed by atoms with Gasteiger partial charge in [0.15, 0.2) is 0 Å². The van der Waals surface area contributed by atoms with Crippen molar-refractivity contribution in [1.82, 2.24) is 10.2 Å². The molecule has 1 atom stereocenters. The first kappa shape index (κ1) is 11.4. The minimum absolute atomic E-state index is 0.811. The van der Waals surface area contributed by atoms with Gasteiger partial charge in [0.2, 0.25) is 0 Å². The Kier molecular flexibility index (Phi) is 3.80. The van der Waals surface area contributed by atoms with Crippen molar-refractivity contribution in [2.75, 3.05) is 32.4 Å². The van der Waals surface area contributed by atoms with Gasteiger partial charge in [0, 0.05) is 18.8 Å². The van der Waals surface area contributed by atoms with Crippen molar-refractivity contribution in [2.45, 2.75) is 13.0 Å². The van der Waals surface area contributed by atoms with Crippen molar-refractivity contribution in [1.29, 1.82) is 0 Å². The molecule has 1 fully saturated rings. The van der Waals surface area contributed by atoms with Crippen LogP contribution >= 0.6 is 0 Å². The number of nitrogens with two attached hydrogens (primary N) is 1. The second-order valence-corrected chi connectivity index (χ2v) is 4.79. The quantitative estimate of drug-likeness (QED) is 0.750. The summed E-state index contributed by atoms with van der Waals surface area (Å²) < 4.78 is 0. The fraction of sp³-hybridized carbons (Fsp3) is 0.538. The zero-order valence-electron chi connectivity index (χ0n) is 9.95. The highest BCUT2D eigenvalue weighted by molar-refractivity contribution is 5.40. The Morgan fingerprint density at radius 1 is 1.50 bits per heavy atom. The fourth-order valence-electron chi connectivity index (χ4n) is 2.32. The standard InChI is InChI=1S/C13H21N3/c1-16-6-5-12(10-16)9-15-8-11-3-2-4-13(14)7-11/h2-4,7,12,15H,5-6,8-10,14H2,1H3. The van der Waals surface area contributed by atoms with Crippen molar-refractivity contribution in [3.8, 4) is 0 Å². The zero-order chi connectivity index (χ0) is 11.4. The number of rotatable bonds is 4. The number of nitrogens with one attached hydrogen (secondary N) is 1. The molecule has 0 radical (unpaired) electrons. The summed E-state index contributed by atoms with van der Waals surface area (Å²) in [7, 11) is 2.19. The normalized spacial score (nSPS) is 21.4. The molecule has 0 bridgehead atoms. The third-order valence-corrected chi connectivity index (χ3v) is 3.20. The smallest absolute Gasteiger partial charge is 0.0317 e. The molecule has 0 saturated carbocycles. The van der Waals surface area contributed by atoms with Crippen molar-refractivity contribution in [3.63, 3.8) is 0 Å². The van der Waals surface area contributed by atoms with Gasteiger partial charge in [0.1, 0.15) is 0 Å². The molecule has 1 aliphatic heterocycles. The molecule has 1 aromatic rings. The highest BCUT2D eigenvalue weighted by Crippen LogP contribution is 2.13. The van der Waals surface area contributed by atoms with E-state index in [1.54, 1.807) is 0 Å². The van der Waals surface area contributed by atoms with Crippen LogP contribution in [0.15, 0.2) is 24.3 Å². The summed E-state index contributed by atoms with van der Waals surface area (Å²) in [6.45, 7) is 4.50. The van der Waals surface area contributed by atoms with Gasteiger partial charge in [0.25, 0.3) is 0 Å². The number of anilines is 1. The van der Waals surface area contributed by atoms with E-state index in [2.05, 4.69) is 23.3 Å². The Balaban J connectivity index is 1.72. The van der Waals surface area contributed by atoms with Crippen molar-refractivity contribution in [2.24, 2.45) is 5.92 Å². The highest BCUT2D eigenvalue weighted by atomic mass is 15.1. The third kappa shape index (κ3) is 3.22. The first-order valence-corrected chi connectivity index (χ1v) is 5.98. The van der Waals surface area contributed by atoms with Crippen LogP contribution in [0, 0.1) is 5.92 Å². The van der Waals surface area contributed by atoms with E-state index < -0.39 is 0 Å². The minimum Gasteiger partial charge on any atom is -0.399 e. The van der Waals surface area contributed by atoms with E-state index in [4.69, 9.17) is 5.73 Å². The maximum absolute atomic E-state index is 5.74. The summed E-state index contributed by atoms with van der Waals surface area (Å²) in [5.74, 6) is 0.811. The van der Waals surface area contributed by atoms with Gasteiger partial charge in [-0.25, -0.2) is 0 Å². The molecule has 0 spiro atoms. The average molecular weight is 219 g/mol. The lowest BCUT2D eigenvalue weighted by Gasteiger charge is -2.11. The molecule has 0 aromatic heterocycles. The van der Waals surface area contributed by atoms with Gasteiger partial charge in [-0.3, -0.25) is 0 Å². The number of hydrogen-bond acceptors (Lipinski definition) is 3. The summed E-state index contributed by atoms with van der Waals surface area (Å²) in [5.41, 5.74) is 7.85. The average Bonchev–Trinajstić information content (AvgIpc) is 2.64. The molecule has 2 rings (SSSR count). The Labute approximate surface area is 97.6 Å². The van der Waals surface area contributed by atoms with Crippen LogP contribution in [0.25, 0.3) is 0 Å². The van der Waals surface area contributed by atoms with E-state index in [1.165, 1.54) is 25.1 Å². The molecular formula is C13H21N3. The van der Waals surface area contributed by atoms with Crippen molar-refractivity contribution in [3.05, 3.63) is 29.8 Å². The lowest BCUT2D eigenvalue weighted by Crippen LogP contribution is -2.24. The van der Waals surface area contributed by atoms with E-state index in [9.17, 15) is 0 Å². The second kappa shape index (κ2) is 5.32. The maximum atomic E-state index is 5.74. The van der Waals surface area contributed by atoms with Crippen molar-refractivity contribution >= 4 is 5.69 Å². The Morgan fingerprint density at radius 2 is 2.38 bits per heavy atom. The molecule has 1 aromatic carbocycles. The van der Waals surface area contributed by atoms with Crippen LogP contribution in [0.2, 0.25) is 0 Å². The number of nitrogens with zero attached hydrogens (tertiary/aromatic N) is 1. The van der Waals surface area contributed by atoms with Crippen LogP contribution in [0.3, 0.4) is 0 Å². The lowest BCUT2D eigenvalue weighted by molar-refractivity contribution is 0.388. The molecular weight excluding hydrogens is 198 g/mol. The van der Waals surface area contributed by atoms with E-state index >= 15 is 0 Å². The molecule has 88 valence electrons. The molecule has 0 aliphatic carbocycles. The molecule has 3 N–H and O–H groups in total. The number of nitrogen functional groups attached to an aromatic ring is 1. The third-order valence-electron chi connectivity index (χ3n) is 3.20. The van der Waals surface area contributed by atoms with E-state index in [1.807, 2.05) is 18.2 Å². The topological polar surface area (TPSA) is 41.3 Å². The lowest BCUT2D eigenvalue weighted by atomic mass is 10.1. The largest absolute Gasteiger partial charge is 0.399 e. The van der Waals surface area contributed by atoms with Crippen LogP contribution in [-0.4, -0.2) is 31.6 Å². The van der Waals surface area contributed by atoms with E-state index in [0.29, 0.717) is 0 Å². The monoisotopic (exact) mass is 219 g/mol. The molecule has 1 saturated heterocycles.